The topological polar surface area (TPSA) is 93.7 Å². The van der Waals surface area contributed by atoms with Crippen molar-refractivity contribution >= 4 is 18.0 Å². The van der Waals surface area contributed by atoms with E-state index in [0.717, 1.165) is 12.8 Å². The van der Waals surface area contributed by atoms with E-state index in [0.29, 0.717) is 19.4 Å². The van der Waals surface area contributed by atoms with Crippen LogP contribution in [0, 0.1) is 0 Å². The summed E-state index contributed by atoms with van der Waals surface area (Å²) in [4.78, 5) is 36.7. The SMILES string of the molecule is C=CCC[C@H](NC(=O)OC(C)(C)C)C(=O)NC(C)(C)C(=O)OCCCC. The van der Waals surface area contributed by atoms with Gasteiger partial charge in [-0.15, -0.1) is 6.58 Å². The second-order valence-electron chi connectivity index (χ2n) is 7.67. The second-order valence-corrected chi connectivity index (χ2v) is 7.67. The third-order valence-electron chi connectivity index (χ3n) is 3.34. The summed E-state index contributed by atoms with van der Waals surface area (Å²) in [6.45, 7) is 14.3. The normalized spacial score (nSPS) is 12.7. The number of nitrogens with one attached hydrogen (secondary N) is 2. The maximum absolute atomic E-state index is 12.6. The van der Waals surface area contributed by atoms with Crippen LogP contribution in [0.3, 0.4) is 0 Å². The Bertz CT molecular complexity index is 495. The number of amides is 2. The fourth-order valence-corrected chi connectivity index (χ4v) is 1.94. The Balaban J connectivity index is 4.92. The molecule has 26 heavy (non-hydrogen) atoms. The van der Waals surface area contributed by atoms with E-state index in [1.54, 1.807) is 40.7 Å². The molecule has 0 fully saturated rings. The lowest BCUT2D eigenvalue weighted by Crippen LogP contribution is -2.57. The molecule has 150 valence electrons. The van der Waals surface area contributed by atoms with Crippen LogP contribution in [0.4, 0.5) is 4.79 Å². The number of hydrogen-bond donors (Lipinski definition) is 2. The van der Waals surface area contributed by atoms with Gasteiger partial charge in [-0.25, -0.2) is 9.59 Å². The third kappa shape index (κ3) is 10.1. The molecule has 2 amide bonds. The summed E-state index contributed by atoms with van der Waals surface area (Å²) in [5, 5.41) is 5.19. The number of carbonyl (C=O) groups excluding carboxylic acids is 3. The van der Waals surface area contributed by atoms with Gasteiger partial charge in [-0.1, -0.05) is 19.4 Å². The third-order valence-corrected chi connectivity index (χ3v) is 3.34. The average Bonchev–Trinajstić information content (AvgIpc) is 2.49. The largest absolute Gasteiger partial charge is 0.464 e. The quantitative estimate of drug-likeness (QED) is 0.350. The van der Waals surface area contributed by atoms with Crippen LogP contribution in [0.2, 0.25) is 0 Å². The summed E-state index contributed by atoms with van der Waals surface area (Å²) >= 11 is 0. The van der Waals surface area contributed by atoms with Gasteiger partial charge in [-0.3, -0.25) is 4.79 Å². The molecule has 0 aromatic rings. The first kappa shape index (κ1) is 23.9. The van der Waals surface area contributed by atoms with Gasteiger partial charge in [0, 0.05) is 0 Å². The van der Waals surface area contributed by atoms with Crippen LogP contribution >= 0.6 is 0 Å². The molecule has 0 unspecified atom stereocenters. The number of hydrogen-bond acceptors (Lipinski definition) is 5. The molecular weight excluding hydrogens is 336 g/mol. The molecule has 0 bridgehead atoms. The van der Waals surface area contributed by atoms with Gasteiger partial charge < -0.3 is 20.1 Å². The Kier molecular flexibility index (Phi) is 9.98. The van der Waals surface area contributed by atoms with Crippen LogP contribution in [0.25, 0.3) is 0 Å². The predicted molar refractivity (Wildman–Crippen MR) is 101 cm³/mol. The Morgan fingerprint density at radius 3 is 2.27 bits per heavy atom. The molecule has 0 heterocycles. The first-order valence-electron chi connectivity index (χ1n) is 9.02. The predicted octanol–water partition coefficient (Wildman–Crippen LogP) is 3.08. The Hall–Kier alpha value is -2.05. The molecule has 0 aliphatic heterocycles. The van der Waals surface area contributed by atoms with Gasteiger partial charge in [-0.05, 0) is 53.9 Å². The molecule has 0 radical (unpaired) electrons. The number of rotatable bonds is 10. The lowest BCUT2D eigenvalue weighted by atomic mass is 10.0. The zero-order valence-electron chi connectivity index (χ0n) is 16.9. The van der Waals surface area contributed by atoms with Gasteiger partial charge >= 0.3 is 12.1 Å². The number of unbranched alkanes of at least 4 members (excludes halogenated alkanes) is 1. The highest BCUT2D eigenvalue weighted by molar-refractivity contribution is 5.91. The molecule has 0 spiro atoms. The maximum atomic E-state index is 12.6. The molecule has 0 aromatic heterocycles. The van der Waals surface area contributed by atoms with Crippen LogP contribution in [0.1, 0.15) is 67.2 Å². The Morgan fingerprint density at radius 2 is 1.77 bits per heavy atom. The van der Waals surface area contributed by atoms with Crippen LogP contribution in [0.15, 0.2) is 12.7 Å². The van der Waals surface area contributed by atoms with Gasteiger partial charge in [-0.2, -0.15) is 0 Å². The van der Waals surface area contributed by atoms with Crippen molar-refractivity contribution in [1.82, 2.24) is 10.6 Å². The fourth-order valence-electron chi connectivity index (χ4n) is 1.94. The minimum Gasteiger partial charge on any atom is -0.464 e. The molecule has 7 nitrogen and oxygen atoms in total. The van der Waals surface area contributed by atoms with Crippen LogP contribution < -0.4 is 10.6 Å². The van der Waals surface area contributed by atoms with E-state index in [2.05, 4.69) is 17.2 Å². The molecule has 0 rings (SSSR count). The second kappa shape index (κ2) is 10.8. The molecule has 0 saturated heterocycles. The van der Waals surface area contributed by atoms with Crippen molar-refractivity contribution < 1.29 is 23.9 Å². The lowest BCUT2D eigenvalue weighted by Gasteiger charge is -2.28. The summed E-state index contributed by atoms with van der Waals surface area (Å²) in [5.41, 5.74) is -1.88. The van der Waals surface area contributed by atoms with Gasteiger partial charge in [0.1, 0.15) is 17.2 Å². The number of carbonyl (C=O) groups is 3. The molecule has 2 N–H and O–H groups in total. The van der Waals surface area contributed by atoms with E-state index in [-0.39, 0.29) is 0 Å². The number of allylic oxidation sites excluding steroid dienone is 1. The lowest BCUT2D eigenvalue weighted by molar-refractivity contribution is -0.152. The van der Waals surface area contributed by atoms with Crippen molar-refractivity contribution in [2.75, 3.05) is 6.61 Å². The monoisotopic (exact) mass is 370 g/mol. The van der Waals surface area contributed by atoms with E-state index in [9.17, 15) is 14.4 Å². The van der Waals surface area contributed by atoms with Crippen molar-refractivity contribution in [3.05, 3.63) is 12.7 Å². The van der Waals surface area contributed by atoms with Gasteiger partial charge in [0.05, 0.1) is 6.61 Å². The van der Waals surface area contributed by atoms with E-state index in [1.165, 1.54) is 0 Å². The summed E-state index contributed by atoms with van der Waals surface area (Å²) in [6.07, 6.45) is 3.50. The van der Waals surface area contributed by atoms with E-state index >= 15 is 0 Å². The van der Waals surface area contributed by atoms with Crippen molar-refractivity contribution in [3.63, 3.8) is 0 Å². The standard InChI is InChI=1S/C19H34N2O5/c1-8-10-12-14(20-17(24)26-18(3,4)5)15(22)21-19(6,7)16(23)25-13-11-9-2/h8,14H,1,9-13H2,2-7H3,(H,20,24)(H,21,22)/t14-/m0/s1. The molecule has 1 atom stereocenters. The van der Waals surface area contributed by atoms with Crippen molar-refractivity contribution in [3.8, 4) is 0 Å². The summed E-state index contributed by atoms with van der Waals surface area (Å²) < 4.78 is 10.4. The summed E-state index contributed by atoms with van der Waals surface area (Å²) in [5.74, 6) is -0.991. The van der Waals surface area contributed by atoms with Crippen LogP contribution in [-0.2, 0) is 19.1 Å². The zero-order chi connectivity index (χ0) is 20.4. The molecule has 0 saturated carbocycles. The number of ether oxygens (including phenoxy) is 2. The molecule has 0 aliphatic rings. The summed E-state index contributed by atoms with van der Waals surface area (Å²) in [6, 6.07) is -0.842. The molecular formula is C19H34N2O5. The molecule has 0 aromatic carbocycles. The van der Waals surface area contributed by atoms with Crippen molar-refractivity contribution in [1.29, 1.82) is 0 Å². The maximum Gasteiger partial charge on any atom is 0.408 e. The smallest absolute Gasteiger partial charge is 0.408 e. The minimum atomic E-state index is -1.20. The molecule has 0 aliphatic carbocycles. The molecule has 7 heteroatoms. The van der Waals surface area contributed by atoms with Gasteiger partial charge in [0.2, 0.25) is 5.91 Å². The first-order valence-corrected chi connectivity index (χ1v) is 9.02. The minimum absolute atomic E-state index is 0.310. The zero-order valence-corrected chi connectivity index (χ0v) is 16.9. The van der Waals surface area contributed by atoms with Gasteiger partial charge in [0.25, 0.3) is 0 Å². The number of alkyl carbamates (subject to hydrolysis) is 1. The highest BCUT2D eigenvalue weighted by Crippen LogP contribution is 2.10. The average molecular weight is 370 g/mol. The first-order chi connectivity index (χ1) is 11.9. The van der Waals surface area contributed by atoms with E-state index < -0.39 is 35.2 Å². The van der Waals surface area contributed by atoms with Crippen LogP contribution in [-0.4, -0.2) is 41.8 Å². The van der Waals surface area contributed by atoms with Crippen molar-refractivity contribution in [2.24, 2.45) is 0 Å². The highest BCUT2D eigenvalue weighted by atomic mass is 16.6. The summed E-state index contributed by atoms with van der Waals surface area (Å²) in [7, 11) is 0. The van der Waals surface area contributed by atoms with Crippen molar-refractivity contribution in [2.45, 2.75) is 84.4 Å². The number of esters is 1. The van der Waals surface area contributed by atoms with Gasteiger partial charge in [0.15, 0.2) is 0 Å². The van der Waals surface area contributed by atoms with Crippen LogP contribution in [0.5, 0.6) is 0 Å². The van der Waals surface area contributed by atoms with E-state index in [1.807, 2.05) is 6.92 Å². The van der Waals surface area contributed by atoms with E-state index in [4.69, 9.17) is 9.47 Å². The highest BCUT2D eigenvalue weighted by Gasteiger charge is 2.34. The fraction of sp³-hybridized carbons (Fsp3) is 0.737. The Morgan fingerprint density at radius 1 is 1.15 bits per heavy atom. The Labute approximate surface area is 156 Å².